The topological polar surface area (TPSA) is 95.1 Å². The molecule has 8 nitrogen and oxygen atoms in total. The van der Waals surface area contributed by atoms with Crippen molar-refractivity contribution >= 4 is 11.8 Å². The molecule has 0 aliphatic heterocycles. The second kappa shape index (κ2) is 11.3. The molecule has 0 bridgehead atoms. The smallest absolute Gasteiger partial charge is 0.276 e. The van der Waals surface area contributed by atoms with Crippen molar-refractivity contribution in [1.29, 1.82) is 0 Å². The van der Waals surface area contributed by atoms with Gasteiger partial charge in [0.25, 0.3) is 11.8 Å². The standard InChI is InChI=1S/C24H24N2O6/c1-29-21-13-8-18(14-22(21)30-2)24(28)26-25-23(27)16-32-20-11-9-19(10-12-20)31-15-17-6-4-3-5-7-17/h3-14H,15-16H2,1-2H3,(H,25,27)(H,26,28). The summed E-state index contributed by atoms with van der Waals surface area (Å²) in [4.78, 5) is 24.2. The molecule has 0 aliphatic carbocycles. The summed E-state index contributed by atoms with van der Waals surface area (Å²) in [6.45, 7) is 0.194. The van der Waals surface area contributed by atoms with E-state index in [-0.39, 0.29) is 6.61 Å². The minimum Gasteiger partial charge on any atom is -0.493 e. The number of nitrogens with one attached hydrogen (secondary N) is 2. The SMILES string of the molecule is COc1ccc(C(=O)NNC(=O)COc2ccc(OCc3ccccc3)cc2)cc1OC. The van der Waals surface area contributed by atoms with Crippen LogP contribution < -0.4 is 29.8 Å². The average Bonchev–Trinajstić information content (AvgIpc) is 2.85. The lowest BCUT2D eigenvalue weighted by molar-refractivity contribution is -0.123. The van der Waals surface area contributed by atoms with Gasteiger partial charge >= 0.3 is 0 Å². The summed E-state index contributed by atoms with van der Waals surface area (Å²) in [5.74, 6) is 1.08. The average molecular weight is 436 g/mol. The highest BCUT2D eigenvalue weighted by Crippen LogP contribution is 2.27. The molecule has 3 rings (SSSR count). The first-order valence-electron chi connectivity index (χ1n) is 9.80. The summed E-state index contributed by atoms with van der Waals surface area (Å²) in [6.07, 6.45) is 0. The number of amides is 2. The van der Waals surface area contributed by atoms with Crippen LogP contribution in [0.3, 0.4) is 0 Å². The van der Waals surface area contributed by atoms with Crippen LogP contribution in [-0.4, -0.2) is 32.6 Å². The van der Waals surface area contributed by atoms with Crippen LogP contribution in [0.5, 0.6) is 23.0 Å². The van der Waals surface area contributed by atoms with E-state index in [0.717, 1.165) is 5.56 Å². The molecule has 2 N–H and O–H groups in total. The van der Waals surface area contributed by atoms with Crippen molar-refractivity contribution in [2.45, 2.75) is 6.61 Å². The Kier molecular flexibility index (Phi) is 7.91. The normalized spacial score (nSPS) is 10.1. The second-order valence-corrected chi connectivity index (χ2v) is 6.61. The molecule has 3 aromatic carbocycles. The Balaban J connectivity index is 1.42. The van der Waals surface area contributed by atoms with E-state index in [9.17, 15) is 9.59 Å². The third-order valence-electron chi connectivity index (χ3n) is 4.40. The Morgan fingerprint density at radius 1 is 0.750 bits per heavy atom. The maximum absolute atomic E-state index is 12.2. The Bertz CT molecular complexity index is 1040. The van der Waals surface area contributed by atoms with Gasteiger partial charge in [0.05, 0.1) is 14.2 Å². The quantitative estimate of drug-likeness (QED) is 0.501. The van der Waals surface area contributed by atoms with E-state index < -0.39 is 11.8 Å². The molecule has 0 saturated heterocycles. The number of benzene rings is 3. The van der Waals surface area contributed by atoms with Gasteiger partial charge < -0.3 is 18.9 Å². The van der Waals surface area contributed by atoms with E-state index in [4.69, 9.17) is 18.9 Å². The van der Waals surface area contributed by atoms with Crippen LogP contribution in [0.25, 0.3) is 0 Å². The molecule has 0 unspecified atom stereocenters. The Morgan fingerprint density at radius 2 is 1.41 bits per heavy atom. The first-order valence-corrected chi connectivity index (χ1v) is 9.80. The van der Waals surface area contributed by atoms with Gasteiger partial charge in [0, 0.05) is 5.56 Å². The van der Waals surface area contributed by atoms with Gasteiger partial charge in [-0.2, -0.15) is 0 Å². The molecule has 2 amide bonds. The minimum absolute atomic E-state index is 0.267. The summed E-state index contributed by atoms with van der Waals surface area (Å²) in [5.41, 5.74) is 6.01. The van der Waals surface area contributed by atoms with Crippen LogP contribution in [0, 0.1) is 0 Å². The molecule has 0 fully saturated rings. The van der Waals surface area contributed by atoms with E-state index in [2.05, 4.69) is 10.9 Å². The van der Waals surface area contributed by atoms with Gasteiger partial charge in [-0.1, -0.05) is 30.3 Å². The predicted octanol–water partition coefficient (Wildman–Crippen LogP) is 3.12. The van der Waals surface area contributed by atoms with Crippen LogP contribution in [0.1, 0.15) is 15.9 Å². The number of ether oxygens (including phenoxy) is 4. The lowest BCUT2D eigenvalue weighted by Gasteiger charge is -2.11. The lowest BCUT2D eigenvalue weighted by Crippen LogP contribution is -2.43. The second-order valence-electron chi connectivity index (χ2n) is 6.61. The number of hydrogen-bond donors (Lipinski definition) is 2. The number of carbonyl (C=O) groups excluding carboxylic acids is 2. The van der Waals surface area contributed by atoms with Gasteiger partial charge in [0.1, 0.15) is 18.1 Å². The lowest BCUT2D eigenvalue weighted by atomic mass is 10.2. The minimum atomic E-state index is -0.511. The largest absolute Gasteiger partial charge is 0.493 e. The molecule has 166 valence electrons. The number of hydrogen-bond acceptors (Lipinski definition) is 6. The fraction of sp³-hybridized carbons (Fsp3) is 0.167. The van der Waals surface area contributed by atoms with Crippen LogP contribution in [0.15, 0.2) is 72.8 Å². The third kappa shape index (κ3) is 6.40. The van der Waals surface area contributed by atoms with Crippen molar-refractivity contribution in [2.24, 2.45) is 0 Å². The van der Waals surface area contributed by atoms with Crippen molar-refractivity contribution in [3.63, 3.8) is 0 Å². The molecule has 0 atom stereocenters. The molecule has 0 saturated carbocycles. The highest BCUT2D eigenvalue weighted by Gasteiger charge is 2.12. The maximum Gasteiger partial charge on any atom is 0.276 e. The van der Waals surface area contributed by atoms with Crippen molar-refractivity contribution in [1.82, 2.24) is 10.9 Å². The van der Waals surface area contributed by atoms with Crippen molar-refractivity contribution in [3.05, 3.63) is 83.9 Å². The Labute approximate surface area is 186 Å². The molecule has 0 spiro atoms. The van der Waals surface area contributed by atoms with E-state index >= 15 is 0 Å². The fourth-order valence-electron chi connectivity index (χ4n) is 2.73. The summed E-state index contributed by atoms with van der Waals surface area (Å²) in [6, 6.07) is 21.4. The fourth-order valence-corrected chi connectivity index (χ4v) is 2.73. The van der Waals surface area contributed by atoms with Gasteiger partial charge in [0.2, 0.25) is 0 Å². The predicted molar refractivity (Wildman–Crippen MR) is 118 cm³/mol. The van der Waals surface area contributed by atoms with Crippen LogP contribution in [0.2, 0.25) is 0 Å². The number of methoxy groups -OCH3 is 2. The zero-order valence-corrected chi connectivity index (χ0v) is 17.8. The van der Waals surface area contributed by atoms with Gasteiger partial charge in [-0.15, -0.1) is 0 Å². The molecule has 8 heteroatoms. The number of carbonyl (C=O) groups is 2. The van der Waals surface area contributed by atoms with Crippen molar-refractivity contribution in [3.8, 4) is 23.0 Å². The summed E-state index contributed by atoms with van der Waals surface area (Å²) in [5, 5.41) is 0. The summed E-state index contributed by atoms with van der Waals surface area (Å²) < 4.78 is 21.4. The van der Waals surface area contributed by atoms with E-state index in [0.29, 0.717) is 35.2 Å². The highest BCUT2D eigenvalue weighted by molar-refractivity contribution is 5.96. The molecule has 3 aromatic rings. The molecule has 32 heavy (non-hydrogen) atoms. The molecule has 0 aliphatic rings. The van der Waals surface area contributed by atoms with Crippen LogP contribution >= 0.6 is 0 Å². The van der Waals surface area contributed by atoms with Gasteiger partial charge in [-0.3, -0.25) is 20.4 Å². The zero-order chi connectivity index (χ0) is 22.8. The van der Waals surface area contributed by atoms with E-state index in [1.165, 1.54) is 20.3 Å². The van der Waals surface area contributed by atoms with E-state index in [1.54, 1.807) is 36.4 Å². The Morgan fingerprint density at radius 3 is 2.06 bits per heavy atom. The molecule has 0 aromatic heterocycles. The maximum atomic E-state index is 12.2. The first kappa shape index (κ1) is 22.5. The summed E-state index contributed by atoms with van der Waals surface area (Å²) >= 11 is 0. The monoisotopic (exact) mass is 436 g/mol. The third-order valence-corrected chi connectivity index (χ3v) is 4.40. The van der Waals surface area contributed by atoms with Crippen molar-refractivity contribution in [2.75, 3.05) is 20.8 Å². The van der Waals surface area contributed by atoms with Gasteiger partial charge in [0.15, 0.2) is 18.1 Å². The number of rotatable bonds is 9. The molecule has 0 heterocycles. The molecular formula is C24H24N2O6. The van der Waals surface area contributed by atoms with Gasteiger partial charge in [-0.25, -0.2) is 0 Å². The van der Waals surface area contributed by atoms with Crippen LogP contribution in [0.4, 0.5) is 0 Å². The first-order chi connectivity index (χ1) is 15.6. The summed E-state index contributed by atoms with van der Waals surface area (Å²) in [7, 11) is 2.98. The van der Waals surface area contributed by atoms with E-state index in [1.807, 2.05) is 30.3 Å². The molecular weight excluding hydrogens is 412 g/mol. The molecule has 0 radical (unpaired) electrons. The van der Waals surface area contributed by atoms with Gasteiger partial charge in [-0.05, 0) is 48.0 Å². The zero-order valence-electron chi connectivity index (χ0n) is 17.8. The van der Waals surface area contributed by atoms with Crippen molar-refractivity contribution < 1.29 is 28.5 Å². The number of hydrazine groups is 1. The Hall–Kier alpha value is -4.20. The van der Waals surface area contributed by atoms with Crippen LogP contribution in [-0.2, 0) is 11.4 Å². The highest BCUT2D eigenvalue weighted by atomic mass is 16.5.